The molecule has 1 aliphatic carbocycles. The van der Waals surface area contributed by atoms with Gasteiger partial charge >= 0.3 is 0 Å². The first-order valence-electron chi connectivity index (χ1n) is 9.47. The van der Waals surface area contributed by atoms with Crippen LogP contribution in [-0.2, 0) is 10.8 Å². The van der Waals surface area contributed by atoms with Crippen LogP contribution in [0.1, 0.15) is 51.3 Å². The molecule has 0 saturated carbocycles. The summed E-state index contributed by atoms with van der Waals surface area (Å²) in [5.41, 5.74) is 9.68. The summed E-state index contributed by atoms with van der Waals surface area (Å²) in [4.78, 5) is 3.65. The second kappa shape index (κ2) is 4.79. The molecule has 1 heteroatoms. The second-order valence-electron chi connectivity index (χ2n) is 9.25. The van der Waals surface area contributed by atoms with Crippen LogP contribution < -0.4 is 0 Å². The minimum absolute atomic E-state index is 0.0496. The molecular weight excluding hydrogens is 314 g/mol. The van der Waals surface area contributed by atoms with Gasteiger partial charge in [-0.25, -0.2) is 0 Å². The van der Waals surface area contributed by atoms with Gasteiger partial charge in [0.05, 0.1) is 0 Å². The molecular formula is C25H25N. The van der Waals surface area contributed by atoms with E-state index in [4.69, 9.17) is 0 Å². The van der Waals surface area contributed by atoms with E-state index in [-0.39, 0.29) is 10.8 Å². The average molecular weight is 339 g/mol. The molecule has 0 saturated heterocycles. The van der Waals surface area contributed by atoms with Crippen LogP contribution in [0.4, 0.5) is 0 Å². The van der Waals surface area contributed by atoms with E-state index in [1.54, 1.807) is 0 Å². The van der Waals surface area contributed by atoms with Crippen LogP contribution in [0.25, 0.3) is 32.9 Å². The smallest absolute Gasteiger partial charge is 0.0468 e. The summed E-state index contributed by atoms with van der Waals surface area (Å²) < 4.78 is 0. The number of hydrogen-bond donors (Lipinski definition) is 1. The van der Waals surface area contributed by atoms with Gasteiger partial charge in [-0.1, -0.05) is 65.0 Å². The van der Waals surface area contributed by atoms with Gasteiger partial charge in [0.25, 0.3) is 0 Å². The van der Waals surface area contributed by atoms with Gasteiger partial charge in [-0.05, 0) is 57.5 Å². The van der Waals surface area contributed by atoms with Crippen molar-refractivity contribution in [2.75, 3.05) is 0 Å². The Hall–Kier alpha value is -2.54. The highest BCUT2D eigenvalue weighted by Crippen LogP contribution is 2.50. The van der Waals surface area contributed by atoms with E-state index in [1.165, 1.54) is 49.6 Å². The van der Waals surface area contributed by atoms with Crippen molar-refractivity contribution in [3.8, 4) is 11.1 Å². The molecule has 0 spiro atoms. The molecule has 0 radical (unpaired) electrons. The number of aromatic amines is 1. The Morgan fingerprint density at radius 1 is 0.731 bits per heavy atom. The first-order chi connectivity index (χ1) is 12.3. The van der Waals surface area contributed by atoms with E-state index in [0.29, 0.717) is 0 Å². The highest BCUT2D eigenvalue weighted by Gasteiger charge is 2.35. The van der Waals surface area contributed by atoms with Crippen molar-refractivity contribution in [3.05, 3.63) is 71.3 Å². The molecule has 0 unspecified atom stereocenters. The van der Waals surface area contributed by atoms with Crippen molar-refractivity contribution in [1.29, 1.82) is 0 Å². The van der Waals surface area contributed by atoms with Gasteiger partial charge in [0.1, 0.15) is 0 Å². The lowest BCUT2D eigenvalue weighted by atomic mass is 9.82. The first-order valence-corrected chi connectivity index (χ1v) is 9.47. The summed E-state index contributed by atoms with van der Waals surface area (Å²) in [5, 5.41) is 2.66. The van der Waals surface area contributed by atoms with Gasteiger partial charge in [-0.15, -0.1) is 0 Å². The Morgan fingerprint density at radius 3 is 2.23 bits per heavy atom. The van der Waals surface area contributed by atoms with E-state index in [1.807, 2.05) is 0 Å². The zero-order valence-corrected chi connectivity index (χ0v) is 16.2. The lowest BCUT2D eigenvalue weighted by molar-refractivity contribution is 0.591. The summed E-state index contributed by atoms with van der Waals surface area (Å²) >= 11 is 0. The zero-order valence-electron chi connectivity index (χ0n) is 16.2. The SMILES string of the molecule is CC(C)(C)c1ccc2[nH]c3cc4c(cc3c2c1)-c1ccccc1C4(C)C. The lowest BCUT2D eigenvalue weighted by Crippen LogP contribution is -2.14. The quantitative estimate of drug-likeness (QED) is 0.358. The molecule has 130 valence electrons. The van der Waals surface area contributed by atoms with Crippen LogP contribution in [0.2, 0.25) is 0 Å². The minimum atomic E-state index is 0.0496. The number of H-pyrrole nitrogens is 1. The Morgan fingerprint density at radius 2 is 1.46 bits per heavy atom. The monoisotopic (exact) mass is 339 g/mol. The fourth-order valence-corrected chi connectivity index (χ4v) is 4.56. The van der Waals surface area contributed by atoms with Gasteiger partial charge < -0.3 is 4.98 Å². The zero-order chi connectivity index (χ0) is 18.3. The minimum Gasteiger partial charge on any atom is -0.355 e. The molecule has 1 nitrogen and oxygen atoms in total. The van der Waals surface area contributed by atoms with Crippen LogP contribution >= 0.6 is 0 Å². The molecule has 1 aromatic heterocycles. The average Bonchev–Trinajstić information content (AvgIpc) is 3.06. The van der Waals surface area contributed by atoms with E-state index in [0.717, 1.165) is 0 Å². The summed E-state index contributed by atoms with van der Waals surface area (Å²) in [6.45, 7) is 11.5. The first kappa shape index (κ1) is 15.7. The molecule has 1 heterocycles. The van der Waals surface area contributed by atoms with Crippen molar-refractivity contribution >= 4 is 21.8 Å². The van der Waals surface area contributed by atoms with Crippen LogP contribution in [0.5, 0.6) is 0 Å². The Labute approximate surface area is 155 Å². The van der Waals surface area contributed by atoms with Gasteiger partial charge in [0.15, 0.2) is 0 Å². The summed E-state index contributed by atoms with van der Waals surface area (Å²) in [7, 11) is 0. The number of aromatic nitrogens is 1. The Kier molecular flexibility index (Phi) is 2.89. The molecule has 3 aromatic carbocycles. The van der Waals surface area contributed by atoms with Gasteiger partial charge in [-0.2, -0.15) is 0 Å². The van der Waals surface area contributed by atoms with Crippen LogP contribution in [0.15, 0.2) is 54.6 Å². The highest BCUT2D eigenvalue weighted by molar-refractivity contribution is 6.10. The van der Waals surface area contributed by atoms with Gasteiger partial charge in [0, 0.05) is 27.2 Å². The highest BCUT2D eigenvalue weighted by atomic mass is 14.7. The fraction of sp³-hybridized carbons (Fsp3) is 0.280. The lowest BCUT2D eigenvalue weighted by Gasteiger charge is -2.21. The maximum Gasteiger partial charge on any atom is 0.0468 e. The molecule has 0 fully saturated rings. The van der Waals surface area contributed by atoms with Gasteiger partial charge in [0.2, 0.25) is 0 Å². The molecule has 4 aromatic rings. The number of rotatable bonds is 0. The molecule has 0 aliphatic heterocycles. The molecule has 5 rings (SSSR count). The van der Waals surface area contributed by atoms with Crippen molar-refractivity contribution in [2.45, 2.75) is 45.4 Å². The third kappa shape index (κ3) is 1.97. The predicted molar refractivity (Wildman–Crippen MR) is 112 cm³/mol. The maximum absolute atomic E-state index is 3.65. The van der Waals surface area contributed by atoms with E-state index < -0.39 is 0 Å². The third-order valence-electron chi connectivity index (χ3n) is 6.17. The molecule has 0 atom stereocenters. The van der Waals surface area contributed by atoms with Crippen LogP contribution in [0, 0.1) is 0 Å². The summed E-state index contributed by atoms with van der Waals surface area (Å²) in [6, 6.07) is 20.5. The number of nitrogens with one attached hydrogen (secondary N) is 1. The third-order valence-corrected chi connectivity index (χ3v) is 6.17. The van der Waals surface area contributed by atoms with E-state index in [9.17, 15) is 0 Å². The summed E-state index contributed by atoms with van der Waals surface area (Å²) in [6.07, 6.45) is 0. The standard InChI is InChI=1S/C25H25N/c1-24(2,3)15-10-11-22-18(12-15)19-13-17-16-8-6-7-9-20(16)25(4,5)21(17)14-23(19)26-22/h6-14,26H,1-5H3. The molecule has 1 N–H and O–H groups in total. The number of benzene rings is 3. The molecule has 26 heavy (non-hydrogen) atoms. The van der Waals surface area contributed by atoms with Crippen LogP contribution in [-0.4, -0.2) is 4.98 Å². The Bertz CT molecular complexity index is 1180. The van der Waals surface area contributed by atoms with E-state index in [2.05, 4.69) is 94.2 Å². The van der Waals surface area contributed by atoms with Crippen molar-refractivity contribution < 1.29 is 0 Å². The molecule has 0 bridgehead atoms. The molecule has 0 amide bonds. The fourth-order valence-electron chi connectivity index (χ4n) is 4.56. The van der Waals surface area contributed by atoms with Crippen LogP contribution in [0.3, 0.4) is 0 Å². The topological polar surface area (TPSA) is 15.8 Å². The van der Waals surface area contributed by atoms with Gasteiger partial charge in [-0.3, -0.25) is 0 Å². The second-order valence-corrected chi connectivity index (χ2v) is 9.25. The van der Waals surface area contributed by atoms with Crippen molar-refractivity contribution in [3.63, 3.8) is 0 Å². The summed E-state index contributed by atoms with van der Waals surface area (Å²) in [5.74, 6) is 0. The Balaban J connectivity index is 1.86. The van der Waals surface area contributed by atoms with E-state index >= 15 is 0 Å². The van der Waals surface area contributed by atoms with Crippen molar-refractivity contribution in [1.82, 2.24) is 4.98 Å². The number of hydrogen-bond acceptors (Lipinski definition) is 0. The number of fused-ring (bicyclic) bond motifs is 6. The van der Waals surface area contributed by atoms with Crippen molar-refractivity contribution in [2.24, 2.45) is 0 Å². The largest absolute Gasteiger partial charge is 0.355 e. The molecule has 1 aliphatic rings. The predicted octanol–water partition coefficient (Wildman–Crippen LogP) is 6.92. The maximum atomic E-state index is 3.65. The normalized spacial score (nSPS) is 15.4.